The number of hydrogen-bond acceptors (Lipinski definition) is 1. The first-order valence-corrected chi connectivity index (χ1v) is 5.11. The maximum absolute atomic E-state index is 12.0. The number of pyridine rings is 1. The van der Waals surface area contributed by atoms with Gasteiger partial charge in [0.2, 0.25) is 0 Å². The minimum absolute atomic E-state index is 0.640. The van der Waals surface area contributed by atoms with E-state index in [9.17, 15) is 5.21 Å². The highest BCUT2D eigenvalue weighted by molar-refractivity contribution is 5.57. The van der Waals surface area contributed by atoms with E-state index >= 15 is 0 Å². The van der Waals surface area contributed by atoms with Crippen LogP contribution in [0, 0.1) is 5.21 Å². The lowest BCUT2D eigenvalue weighted by atomic mass is 10.2. The summed E-state index contributed by atoms with van der Waals surface area (Å²) in [6, 6.07) is 15.2. The molecule has 0 N–H and O–H groups in total. The van der Waals surface area contributed by atoms with E-state index in [1.54, 1.807) is 6.07 Å². The normalized spacial score (nSPS) is 10.8. The van der Waals surface area contributed by atoms with E-state index in [1.807, 2.05) is 59.3 Å². The number of benzene rings is 1. The molecular formula is C13H10N2O. The van der Waals surface area contributed by atoms with Crippen molar-refractivity contribution in [2.75, 3.05) is 0 Å². The molecule has 3 heteroatoms. The van der Waals surface area contributed by atoms with Crippen molar-refractivity contribution in [3.05, 3.63) is 66.1 Å². The fourth-order valence-electron chi connectivity index (χ4n) is 1.84. The minimum Gasteiger partial charge on any atom is -0.710 e. The molecule has 0 bridgehead atoms. The molecule has 2 aromatic heterocycles. The molecule has 0 radical (unpaired) electrons. The van der Waals surface area contributed by atoms with Crippen LogP contribution in [0.3, 0.4) is 0 Å². The molecule has 0 amide bonds. The fraction of sp³-hybridized carbons (Fsp3) is 0. The van der Waals surface area contributed by atoms with Gasteiger partial charge in [0.1, 0.15) is 6.20 Å². The monoisotopic (exact) mass is 210 g/mol. The number of nitrogens with zero attached hydrogens (tertiary/aromatic N) is 2. The van der Waals surface area contributed by atoms with Crippen molar-refractivity contribution in [3.8, 4) is 11.3 Å². The molecule has 2 heterocycles. The van der Waals surface area contributed by atoms with Crippen LogP contribution >= 0.6 is 0 Å². The zero-order chi connectivity index (χ0) is 11.0. The van der Waals surface area contributed by atoms with Crippen molar-refractivity contribution in [2.45, 2.75) is 0 Å². The highest BCUT2D eigenvalue weighted by Gasteiger charge is 2.12. The average molecular weight is 210 g/mol. The first-order valence-electron chi connectivity index (χ1n) is 5.11. The summed E-state index contributed by atoms with van der Waals surface area (Å²) < 4.78 is 2.78. The van der Waals surface area contributed by atoms with Gasteiger partial charge in [0, 0.05) is 11.6 Å². The molecule has 0 saturated carbocycles. The van der Waals surface area contributed by atoms with Crippen LogP contribution < -0.4 is 4.73 Å². The van der Waals surface area contributed by atoms with Crippen LogP contribution in [0.25, 0.3) is 16.9 Å². The van der Waals surface area contributed by atoms with Crippen molar-refractivity contribution in [2.24, 2.45) is 0 Å². The van der Waals surface area contributed by atoms with Gasteiger partial charge in [0.15, 0.2) is 5.69 Å². The molecule has 0 aliphatic heterocycles. The summed E-state index contributed by atoms with van der Waals surface area (Å²) >= 11 is 0. The summed E-state index contributed by atoms with van der Waals surface area (Å²) in [7, 11) is 0. The SMILES string of the molecule is [O-][n+]1c(-c2ccccc2)cn2ccccc21. The molecule has 0 atom stereocenters. The topological polar surface area (TPSA) is 31.3 Å². The summed E-state index contributed by atoms with van der Waals surface area (Å²) in [5, 5.41) is 12.0. The maximum Gasteiger partial charge on any atom is 0.289 e. The van der Waals surface area contributed by atoms with Gasteiger partial charge in [-0.25, -0.2) is 9.13 Å². The molecule has 78 valence electrons. The lowest BCUT2D eigenvalue weighted by molar-refractivity contribution is -0.564. The van der Waals surface area contributed by atoms with Gasteiger partial charge in [0.05, 0.1) is 6.20 Å². The van der Waals surface area contributed by atoms with Gasteiger partial charge in [-0.3, -0.25) is 0 Å². The number of imidazole rings is 1. The van der Waals surface area contributed by atoms with E-state index in [-0.39, 0.29) is 0 Å². The van der Waals surface area contributed by atoms with E-state index < -0.39 is 0 Å². The highest BCUT2D eigenvalue weighted by atomic mass is 16.5. The van der Waals surface area contributed by atoms with Crippen LogP contribution in [0.2, 0.25) is 0 Å². The van der Waals surface area contributed by atoms with Gasteiger partial charge in [-0.15, -0.1) is 0 Å². The first kappa shape index (κ1) is 8.97. The van der Waals surface area contributed by atoms with Crippen molar-refractivity contribution >= 4 is 5.65 Å². The summed E-state index contributed by atoms with van der Waals surface area (Å²) in [6.07, 6.45) is 3.72. The molecule has 0 saturated heterocycles. The van der Waals surface area contributed by atoms with Crippen LogP contribution in [0.15, 0.2) is 60.9 Å². The molecule has 3 nitrogen and oxygen atoms in total. The molecular weight excluding hydrogens is 200 g/mol. The standard InChI is InChI=1S/C13H10N2O/c16-15-12(11-6-2-1-3-7-11)10-14-9-5-4-8-13(14)15/h1-10H. The molecule has 3 rings (SSSR count). The van der Waals surface area contributed by atoms with Crippen molar-refractivity contribution in [1.82, 2.24) is 4.40 Å². The quantitative estimate of drug-likeness (QED) is 0.447. The first-order chi connectivity index (χ1) is 7.86. The van der Waals surface area contributed by atoms with Gasteiger partial charge >= 0.3 is 0 Å². The molecule has 1 aromatic carbocycles. The highest BCUT2D eigenvalue weighted by Crippen LogP contribution is 2.16. The fourth-order valence-corrected chi connectivity index (χ4v) is 1.84. The molecule has 0 unspecified atom stereocenters. The second-order valence-electron chi connectivity index (χ2n) is 3.64. The van der Waals surface area contributed by atoms with E-state index in [2.05, 4.69) is 0 Å². The molecule has 0 spiro atoms. The van der Waals surface area contributed by atoms with E-state index in [0.29, 0.717) is 11.3 Å². The second kappa shape index (κ2) is 3.38. The Kier molecular flexibility index (Phi) is 1.90. The predicted molar refractivity (Wildman–Crippen MR) is 61.8 cm³/mol. The van der Waals surface area contributed by atoms with E-state index in [1.165, 1.54) is 0 Å². The lowest BCUT2D eigenvalue weighted by Gasteiger charge is -2.02. The molecule has 0 aliphatic carbocycles. The van der Waals surface area contributed by atoms with Crippen molar-refractivity contribution in [1.29, 1.82) is 0 Å². The van der Waals surface area contributed by atoms with E-state index in [0.717, 1.165) is 10.3 Å². The Morgan fingerprint density at radius 1 is 0.938 bits per heavy atom. The molecule has 0 fully saturated rings. The summed E-state index contributed by atoms with van der Waals surface area (Å²) in [5.41, 5.74) is 2.24. The Morgan fingerprint density at radius 3 is 2.44 bits per heavy atom. The Morgan fingerprint density at radius 2 is 1.69 bits per heavy atom. The zero-order valence-electron chi connectivity index (χ0n) is 8.58. The summed E-state index contributed by atoms with van der Waals surface area (Å²) in [4.78, 5) is 0. The van der Waals surface area contributed by atoms with Crippen molar-refractivity contribution in [3.63, 3.8) is 0 Å². The molecule has 3 aromatic rings. The molecule has 16 heavy (non-hydrogen) atoms. The van der Waals surface area contributed by atoms with Gasteiger partial charge in [-0.1, -0.05) is 36.4 Å². The summed E-state index contributed by atoms with van der Waals surface area (Å²) in [6.45, 7) is 0. The average Bonchev–Trinajstić information content (AvgIpc) is 2.69. The minimum atomic E-state index is 0.640. The Bertz CT molecular complexity index is 629. The van der Waals surface area contributed by atoms with Gasteiger partial charge < -0.3 is 5.21 Å². The Balaban J connectivity index is 2.29. The third-order valence-corrected chi connectivity index (χ3v) is 2.63. The Hall–Kier alpha value is -2.29. The Labute approximate surface area is 92.8 Å². The van der Waals surface area contributed by atoms with Crippen LogP contribution in [-0.2, 0) is 0 Å². The van der Waals surface area contributed by atoms with Gasteiger partial charge in [-0.2, -0.15) is 0 Å². The number of fused-ring (bicyclic) bond motifs is 1. The number of hydrogen-bond donors (Lipinski definition) is 0. The van der Waals surface area contributed by atoms with Crippen molar-refractivity contribution < 1.29 is 4.73 Å². The smallest absolute Gasteiger partial charge is 0.289 e. The number of aromatic nitrogens is 2. The summed E-state index contributed by atoms with van der Waals surface area (Å²) in [5.74, 6) is 0. The second-order valence-corrected chi connectivity index (χ2v) is 3.64. The largest absolute Gasteiger partial charge is 0.710 e. The van der Waals surface area contributed by atoms with Gasteiger partial charge in [-0.05, 0) is 6.07 Å². The van der Waals surface area contributed by atoms with Crippen LogP contribution in [-0.4, -0.2) is 4.40 Å². The predicted octanol–water partition coefficient (Wildman–Crippen LogP) is 2.24. The van der Waals surface area contributed by atoms with Crippen LogP contribution in [0.4, 0.5) is 0 Å². The van der Waals surface area contributed by atoms with Crippen LogP contribution in [0.5, 0.6) is 0 Å². The van der Waals surface area contributed by atoms with Crippen LogP contribution in [0.1, 0.15) is 0 Å². The number of rotatable bonds is 1. The zero-order valence-corrected chi connectivity index (χ0v) is 8.58. The van der Waals surface area contributed by atoms with E-state index in [4.69, 9.17) is 0 Å². The maximum atomic E-state index is 12.0. The third-order valence-electron chi connectivity index (χ3n) is 2.63. The van der Waals surface area contributed by atoms with Gasteiger partial charge in [0.25, 0.3) is 5.65 Å². The lowest BCUT2D eigenvalue weighted by Crippen LogP contribution is -2.26. The molecule has 0 aliphatic rings. The third kappa shape index (κ3) is 1.26.